The Kier molecular flexibility index (Phi) is 2.97. The van der Waals surface area contributed by atoms with Crippen molar-refractivity contribution in [2.24, 2.45) is 0 Å². The minimum absolute atomic E-state index is 1.04. The number of hydrogen-bond acceptors (Lipinski definition) is 1. The van der Waals surface area contributed by atoms with Crippen LogP contribution in [0.15, 0.2) is 45.3 Å². The Labute approximate surface area is 117 Å². The summed E-state index contributed by atoms with van der Waals surface area (Å²) < 4.78 is 2.20. The average molecular weight is 353 g/mol. The van der Waals surface area contributed by atoms with Crippen LogP contribution in [0.4, 0.5) is 5.69 Å². The lowest BCUT2D eigenvalue weighted by molar-refractivity contribution is 1.11. The summed E-state index contributed by atoms with van der Waals surface area (Å²) in [5.74, 6) is 0. The van der Waals surface area contributed by atoms with Crippen LogP contribution in [0.25, 0.3) is 11.1 Å². The Morgan fingerprint density at radius 2 is 1.76 bits per heavy atom. The second-order valence-corrected chi connectivity index (χ2v) is 6.00. The van der Waals surface area contributed by atoms with Gasteiger partial charge in [0.15, 0.2) is 0 Å². The first-order valence-corrected chi connectivity index (χ1v) is 7.15. The van der Waals surface area contributed by atoms with Gasteiger partial charge >= 0.3 is 0 Å². The van der Waals surface area contributed by atoms with E-state index in [-0.39, 0.29) is 0 Å². The monoisotopic (exact) mass is 351 g/mol. The van der Waals surface area contributed by atoms with Gasteiger partial charge in [0.2, 0.25) is 0 Å². The summed E-state index contributed by atoms with van der Waals surface area (Å²) >= 11 is 7.09. The van der Waals surface area contributed by atoms with Crippen LogP contribution >= 0.6 is 31.9 Å². The van der Waals surface area contributed by atoms with Crippen molar-refractivity contribution in [1.82, 2.24) is 0 Å². The van der Waals surface area contributed by atoms with Gasteiger partial charge in [0, 0.05) is 21.2 Å². The second-order valence-electron chi connectivity index (χ2n) is 4.17. The highest BCUT2D eigenvalue weighted by Gasteiger charge is 2.15. The van der Waals surface area contributed by atoms with Gasteiger partial charge in [-0.05, 0) is 47.4 Å². The van der Waals surface area contributed by atoms with E-state index in [9.17, 15) is 0 Å². The third-order valence-electron chi connectivity index (χ3n) is 3.04. The van der Waals surface area contributed by atoms with Gasteiger partial charge in [-0.3, -0.25) is 0 Å². The van der Waals surface area contributed by atoms with Crippen LogP contribution in [-0.2, 0) is 6.42 Å². The summed E-state index contributed by atoms with van der Waals surface area (Å²) in [5, 5.41) is 3.42. The number of benzene rings is 2. The zero-order valence-electron chi connectivity index (χ0n) is 9.13. The van der Waals surface area contributed by atoms with E-state index in [0.29, 0.717) is 0 Å². The van der Waals surface area contributed by atoms with Gasteiger partial charge in [0.05, 0.1) is 0 Å². The first-order valence-electron chi connectivity index (χ1n) is 5.56. The molecular formula is C14H11Br2N. The molecule has 1 nitrogen and oxygen atoms in total. The van der Waals surface area contributed by atoms with Crippen molar-refractivity contribution in [2.75, 3.05) is 11.9 Å². The van der Waals surface area contributed by atoms with Crippen molar-refractivity contribution >= 4 is 37.5 Å². The molecule has 0 bridgehead atoms. The highest BCUT2D eigenvalue weighted by atomic mass is 79.9. The number of anilines is 1. The molecule has 0 saturated carbocycles. The molecule has 3 heteroatoms. The topological polar surface area (TPSA) is 12.0 Å². The summed E-state index contributed by atoms with van der Waals surface area (Å²) in [6, 6.07) is 12.8. The van der Waals surface area contributed by atoms with Gasteiger partial charge in [-0.2, -0.15) is 0 Å². The van der Waals surface area contributed by atoms with Crippen LogP contribution in [0.2, 0.25) is 0 Å². The van der Waals surface area contributed by atoms with E-state index in [2.05, 4.69) is 73.6 Å². The molecule has 1 N–H and O–H groups in total. The predicted molar refractivity (Wildman–Crippen MR) is 79.5 cm³/mol. The van der Waals surface area contributed by atoms with Gasteiger partial charge in [0.1, 0.15) is 0 Å². The number of halogens is 2. The van der Waals surface area contributed by atoms with E-state index in [1.807, 2.05) is 0 Å². The molecule has 0 spiro atoms. The molecule has 1 heterocycles. The summed E-state index contributed by atoms with van der Waals surface area (Å²) in [5.41, 5.74) is 5.29. The number of hydrogen-bond donors (Lipinski definition) is 1. The molecule has 86 valence electrons. The smallest absolute Gasteiger partial charge is 0.0379 e. The largest absolute Gasteiger partial charge is 0.384 e. The predicted octanol–water partition coefficient (Wildman–Crippen LogP) is 4.85. The van der Waals surface area contributed by atoms with E-state index in [0.717, 1.165) is 21.9 Å². The quantitative estimate of drug-likeness (QED) is 0.773. The minimum atomic E-state index is 1.04. The van der Waals surface area contributed by atoms with Crippen molar-refractivity contribution in [3.05, 3.63) is 50.9 Å². The lowest BCUT2D eigenvalue weighted by Crippen LogP contribution is -1.90. The van der Waals surface area contributed by atoms with Gasteiger partial charge < -0.3 is 5.32 Å². The maximum absolute atomic E-state index is 3.55. The Balaban J connectivity index is 2.19. The maximum Gasteiger partial charge on any atom is 0.0379 e. The Bertz CT molecular complexity index is 558. The fourth-order valence-electron chi connectivity index (χ4n) is 2.32. The molecule has 3 rings (SSSR count). The number of nitrogens with one attached hydrogen (secondary N) is 1. The van der Waals surface area contributed by atoms with Crippen LogP contribution in [-0.4, -0.2) is 6.54 Å². The van der Waals surface area contributed by atoms with Gasteiger partial charge in [0.25, 0.3) is 0 Å². The molecule has 0 aromatic heterocycles. The van der Waals surface area contributed by atoms with E-state index in [4.69, 9.17) is 0 Å². The molecule has 0 saturated heterocycles. The van der Waals surface area contributed by atoms with Crippen molar-refractivity contribution in [2.45, 2.75) is 6.42 Å². The highest BCUT2D eigenvalue weighted by Crippen LogP contribution is 2.35. The molecule has 0 unspecified atom stereocenters. The molecular weight excluding hydrogens is 342 g/mol. The lowest BCUT2D eigenvalue weighted by atomic mass is 9.98. The van der Waals surface area contributed by atoms with Crippen LogP contribution in [0.5, 0.6) is 0 Å². The molecule has 1 aliphatic heterocycles. The minimum Gasteiger partial charge on any atom is -0.384 e. The van der Waals surface area contributed by atoms with Gasteiger partial charge in [-0.15, -0.1) is 0 Å². The maximum atomic E-state index is 3.55. The Hall–Kier alpha value is -0.800. The summed E-state index contributed by atoms with van der Waals surface area (Å²) in [6.07, 6.45) is 1.11. The van der Waals surface area contributed by atoms with Crippen molar-refractivity contribution in [1.29, 1.82) is 0 Å². The third kappa shape index (κ3) is 2.14. The SMILES string of the molecule is Brc1cc(Br)cc(-c2cccc3c2CCN3)c1. The van der Waals surface area contributed by atoms with Crippen LogP contribution in [0.1, 0.15) is 5.56 Å². The lowest BCUT2D eigenvalue weighted by Gasteiger charge is -2.09. The van der Waals surface area contributed by atoms with Crippen LogP contribution in [0.3, 0.4) is 0 Å². The normalized spacial score (nSPS) is 13.3. The van der Waals surface area contributed by atoms with Gasteiger partial charge in [-0.1, -0.05) is 44.0 Å². The van der Waals surface area contributed by atoms with Crippen molar-refractivity contribution in [3.8, 4) is 11.1 Å². The highest BCUT2D eigenvalue weighted by molar-refractivity contribution is 9.11. The number of rotatable bonds is 1. The molecule has 2 aromatic rings. The Morgan fingerprint density at radius 3 is 2.53 bits per heavy atom. The Morgan fingerprint density at radius 1 is 1.00 bits per heavy atom. The second kappa shape index (κ2) is 4.46. The van der Waals surface area contributed by atoms with Crippen molar-refractivity contribution < 1.29 is 0 Å². The average Bonchev–Trinajstić information content (AvgIpc) is 2.75. The molecule has 0 radical (unpaired) electrons. The van der Waals surface area contributed by atoms with E-state index < -0.39 is 0 Å². The van der Waals surface area contributed by atoms with E-state index >= 15 is 0 Å². The van der Waals surface area contributed by atoms with Crippen LogP contribution in [0, 0.1) is 0 Å². The summed E-state index contributed by atoms with van der Waals surface area (Å²) in [6.45, 7) is 1.04. The zero-order chi connectivity index (χ0) is 11.8. The molecule has 0 aliphatic carbocycles. The van der Waals surface area contributed by atoms with E-state index in [1.54, 1.807) is 0 Å². The third-order valence-corrected chi connectivity index (χ3v) is 3.96. The fourth-order valence-corrected chi connectivity index (χ4v) is 3.62. The molecule has 0 amide bonds. The molecule has 0 atom stereocenters. The van der Waals surface area contributed by atoms with Gasteiger partial charge in [-0.25, -0.2) is 0 Å². The van der Waals surface area contributed by atoms with Crippen molar-refractivity contribution in [3.63, 3.8) is 0 Å². The first kappa shape index (κ1) is 11.3. The first-order chi connectivity index (χ1) is 8.24. The summed E-state index contributed by atoms with van der Waals surface area (Å²) in [7, 11) is 0. The standard InChI is InChI=1S/C14H11Br2N/c15-10-6-9(7-11(16)8-10)12-2-1-3-14-13(12)4-5-17-14/h1-3,6-8,17H,4-5H2. The molecule has 17 heavy (non-hydrogen) atoms. The zero-order valence-corrected chi connectivity index (χ0v) is 12.3. The molecule has 1 aliphatic rings. The fraction of sp³-hybridized carbons (Fsp3) is 0.143. The van der Waals surface area contributed by atoms with E-state index in [1.165, 1.54) is 22.4 Å². The molecule has 0 fully saturated rings. The summed E-state index contributed by atoms with van der Waals surface area (Å²) in [4.78, 5) is 0. The van der Waals surface area contributed by atoms with Crippen LogP contribution < -0.4 is 5.32 Å². The number of fused-ring (bicyclic) bond motifs is 1. The molecule has 2 aromatic carbocycles.